The van der Waals surface area contributed by atoms with Crippen LogP contribution in [0, 0.1) is 0 Å². The van der Waals surface area contributed by atoms with E-state index in [0.29, 0.717) is 98.6 Å². The summed E-state index contributed by atoms with van der Waals surface area (Å²) in [4.78, 5) is 46.9. The molecule has 0 bridgehead atoms. The van der Waals surface area contributed by atoms with Crippen LogP contribution in [0.3, 0.4) is 0 Å². The lowest BCUT2D eigenvalue weighted by atomic mass is 10.4. The molecule has 20 heteroatoms. The summed E-state index contributed by atoms with van der Waals surface area (Å²) in [6.07, 6.45) is 2.55. The maximum atomic E-state index is 11.7. The van der Waals surface area contributed by atoms with Crippen LogP contribution in [-0.2, 0) is 73.5 Å². The third-order valence-electron chi connectivity index (χ3n) is 8.64. The number of carbonyl (C=O) groups excluding carboxylic acids is 4. The zero-order chi connectivity index (χ0) is 45.2. The van der Waals surface area contributed by atoms with Crippen molar-refractivity contribution >= 4 is 58.1 Å². The minimum atomic E-state index is -3.00. The van der Waals surface area contributed by atoms with E-state index in [-0.39, 0.29) is 52.9 Å². The first-order valence-corrected chi connectivity index (χ1v) is 30.7. The molecular weight excluding hydrogens is 849 g/mol. The van der Waals surface area contributed by atoms with E-state index < -0.39 is 58.1 Å². The average Bonchev–Trinajstić information content (AvgIpc) is 3.14. The quantitative estimate of drug-likeness (QED) is 0.0236. The Kier molecular flexibility index (Phi) is 26.7. The molecule has 1 aliphatic heterocycles. The van der Waals surface area contributed by atoms with Crippen molar-refractivity contribution in [2.24, 2.45) is 0 Å². The van der Waals surface area contributed by atoms with E-state index >= 15 is 0 Å². The first kappa shape index (κ1) is 55.4. The maximum absolute atomic E-state index is 11.7. The fourth-order valence-electron chi connectivity index (χ4n) is 5.97. The van der Waals surface area contributed by atoms with Crippen LogP contribution in [0.2, 0.25) is 50.4 Å². The highest BCUT2D eigenvalue weighted by Gasteiger charge is 2.56. The van der Waals surface area contributed by atoms with Crippen LogP contribution < -0.4 is 0 Å². The van der Waals surface area contributed by atoms with E-state index in [1.54, 1.807) is 27.7 Å². The van der Waals surface area contributed by atoms with Gasteiger partial charge in [-0.15, -0.1) is 0 Å². The second-order valence-corrected chi connectivity index (χ2v) is 29.8. The van der Waals surface area contributed by atoms with E-state index in [2.05, 4.69) is 52.5 Å². The van der Waals surface area contributed by atoms with Gasteiger partial charge < -0.3 is 54.4 Å². The Morgan fingerprint density at radius 1 is 0.350 bits per heavy atom. The monoisotopic (exact) mass is 920 g/mol. The molecule has 0 aromatic rings. The van der Waals surface area contributed by atoms with Crippen molar-refractivity contribution < 1.29 is 73.5 Å². The van der Waals surface area contributed by atoms with Gasteiger partial charge in [-0.05, 0) is 104 Å². The molecule has 0 amide bonds. The molecule has 0 saturated carbocycles. The van der Waals surface area contributed by atoms with Gasteiger partial charge in [0, 0.05) is 48.7 Å². The molecule has 1 rings (SSSR count). The van der Waals surface area contributed by atoms with E-state index in [1.165, 1.54) is 0 Å². The fourth-order valence-corrected chi connectivity index (χ4v) is 29.2. The Morgan fingerprint density at radius 3 is 0.700 bits per heavy atom. The minimum Gasteiger partial charge on any atom is -0.460 e. The van der Waals surface area contributed by atoms with Gasteiger partial charge in [-0.1, -0.05) is 26.3 Å². The summed E-state index contributed by atoms with van der Waals surface area (Å²) in [7, 11) is -12.0. The Bertz CT molecular complexity index is 1210. The summed E-state index contributed by atoms with van der Waals surface area (Å²) >= 11 is 0. The predicted octanol–water partition coefficient (Wildman–Crippen LogP) is 6.46. The number of hydrogen-bond donors (Lipinski definition) is 0. The molecule has 0 aliphatic carbocycles. The van der Waals surface area contributed by atoms with Crippen LogP contribution in [0.1, 0.15) is 53.4 Å². The molecule has 1 heterocycles. The fraction of sp³-hybridized carbons (Fsp3) is 0.700. The highest BCUT2D eigenvalue weighted by Crippen LogP contribution is 2.38. The van der Waals surface area contributed by atoms with Gasteiger partial charge >= 0.3 is 58.1 Å². The van der Waals surface area contributed by atoms with Crippen LogP contribution in [0.5, 0.6) is 0 Å². The zero-order valence-corrected chi connectivity index (χ0v) is 41.5. The standard InChI is InChI=1S/C40H72O16Si4/c1-33(2)37(41)49-25-21-45-17-13-29-57(9)53-58(10,30-14-18-46-22-26-50-38(42)34(3)4)55-60(12,32-16-20-48-24-28-52-40(44)36(7)8)56-59(11,54-57)31-15-19-47-23-27-51-39(43)35(5)6/h1,3,5,7,13-32H2,2,4,6,8-12H3. The lowest BCUT2D eigenvalue weighted by Crippen LogP contribution is -2.67. The highest BCUT2D eigenvalue weighted by atomic mass is 28.5. The molecule has 0 unspecified atom stereocenters. The lowest BCUT2D eigenvalue weighted by molar-refractivity contribution is -0.141. The Morgan fingerprint density at radius 2 is 0.533 bits per heavy atom. The van der Waals surface area contributed by atoms with Crippen molar-refractivity contribution in [1.29, 1.82) is 0 Å². The van der Waals surface area contributed by atoms with Crippen molar-refractivity contribution in [1.82, 2.24) is 0 Å². The number of ether oxygens (including phenoxy) is 8. The predicted molar refractivity (Wildman–Crippen MR) is 235 cm³/mol. The maximum Gasteiger partial charge on any atom is 0.333 e. The molecule has 60 heavy (non-hydrogen) atoms. The Balaban J connectivity index is 3.16. The first-order valence-electron chi connectivity index (χ1n) is 20.6. The van der Waals surface area contributed by atoms with Gasteiger partial charge in [0.15, 0.2) is 0 Å². The van der Waals surface area contributed by atoms with Gasteiger partial charge in [0.05, 0.1) is 26.4 Å². The van der Waals surface area contributed by atoms with E-state index in [1.807, 2.05) is 0 Å². The van der Waals surface area contributed by atoms with Crippen molar-refractivity contribution in [3.8, 4) is 0 Å². The van der Waals surface area contributed by atoms with Gasteiger partial charge in [0.1, 0.15) is 26.4 Å². The summed E-state index contributed by atoms with van der Waals surface area (Å²) in [5.74, 6) is -1.83. The first-order chi connectivity index (χ1) is 28.1. The van der Waals surface area contributed by atoms with Crippen LogP contribution in [0.15, 0.2) is 48.6 Å². The lowest BCUT2D eigenvalue weighted by Gasteiger charge is -2.50. The van der Waals surface area contributed by atoms with Gasteiger partial charge in [-0.25, -0.2) is 19.2 Å². The minimum absolute atomic E-state index is 0.124. The van der Waals surface area contributed by atoms with Crippen LogP contribution >= 0.6 is 0 Å². The number of rotatable bonds is 32. The molecule has 1 aliphatic rings. The van der Waals surface area contributed by atoms with Gasteiger partial charge in [0.2, 0.25) is 0 Å². The summed E-state index contributed by atoms with van der Waals surface area (Å²) < 4.78 is 72.6. The number of carbonyl (C=O) groups is 4. The summed E-state index contributed by atoms with van der Waals surface area (Å²) in [6.45, 7) is 32.1. The summed E-state index contributed by atoms with van der Waals surface area (Å²) in [5.41, 5.74) is 1.31. The van der Waals surface area contributed by atoms with E-state index in [4.69, 9.17) is 54.4 Å². The molecule has 0 aromatic heterocycles. The SMILES string of the molecule is C=C(C)C(=O)OCCOCCC[Si]1(C)O[Si](C)(CCCOCCOC(=O)C(=C)C)O[Si](C)(CCCOCCOC(=O)C(=C)C)O[Si](C)(CCCOCCOC(=O)C(=C)C)O1. The molecule has 16 nitrogen and oxygen atoms in total. The third-order valence-corrected chi connectivity index (χ3v) is 27.5. The third kappa shape index (κ3) is 24.7. The van der Waals surface area contributed by atoms with Gasteiger partial charge in [-0.2, -0.15) is 0 Å². The van der Waals surface area contributed by atoms with E-state index in [0.717, 1.165) is 0 Å². The summed E-state index contributed by atoms with van der Waals surface area (Å²) in [6, 6.07) is 2.42. The highest BCUT2D eigenvalue weighted by molar-refractivity contribution is 6.93. The second-order valence-electron chi connectivity index (χ2n) is 15.5. The van der Waals surface area contributed by atoms with Gasteiger partial charge in [-0.3, -0.25) is 0 Å². The molecular formula is C40H72O16Si4. The van der Waals surface area contributed by atoms with E-state index in [9.17, 15) is 19.2 Å². The Hall–Kier alpha value is -2.61. The van der Waals surface area contributed by atoms with Crippen LogP contribution in [0.4, 0.5) is 0 Å². The number of esters is 4. The van der Waals surface area contributed by atoms with Crippen molar-refractivity contribution in [2.45, 2.75) is 104 Å². The van der Waals surface area contributed by atoms with Crippen LogP contribution in [-0.4, -0.2) is 137 Å². The number of hydrogen-bond acceptors (Lipinski definition) is 16. The molecule has 0 radical (unpaired) electrons. The second kappa shape index (κ2) is 28.9. The normalized spacial score (nSPS) is 22.8. The van der Waals surface area contributed by atoms with Gasteiger partial charge in [0.25, 0.3) is 0 Å². The zero-order valence-electron chi connectivity index (χ0n) is 37.5. The molecule has 0 atom stereocenters. The molecule has 1 saturated heterocycles. The van der Waals surface area contributed by atoms with Crippen molar-refractivity contribution in [3.05, 3.63) is 48.6 Å². The largest absolute Gasteiger partial charge is 0.460 e. The van der Waals surface area contributed by atoms with Crippen molar-refractivity contribution in [3.63, 3.8) is 0 Å². The average molecular weight is 921 g/mol. The summed E-state index contributed by atoms with van der Waals surface area (Å²) in [5, 5.41) is 0. The molecule has 0 aromatic carbocycles. The Labute approximate surface area is 362 Å². The van der Waals surface area contributed by atoms with Crippen LogP contribution in [0.25, 0.3) is 0 Å². The molecule has 1 fully saturated rings. The van der Waals surface area contributed by atoms with Crippen molar-refractivity contribution in [2.75, 3.05) is 79.3 Å². The topological polar surface area (TPSA) is 179 Å². The molecule has 0 spiro atoms. The smallest absolute Gasteiger partial charge is 0.333 e. The molecule has 344 valence electrons. The molecule has 0 N–H and O–H groups in total.